The Morgan fingerprint density at radius 1 is 1.50 bits per heavy atom. The summed E-state index contributed by atoms with van der Waals surface area (Å²) in [5.41, 5.74) is 0.941. The van der Waals surface area contributed by atoms with E-state index in [1.165, 1.54) is 0 Å². The van der Waals surface area contributed by atoms with Crippen LogP contribution in [0.15, 0.2) is 24.5 Å². The fourth-order valence-corrected chi connectivity index (χ4v) is 1.51. The molecule has 1 aromatic rings. The van der Waals surface area contributed by atoms with Gasteiger partial charge >= 0.3 is 0 Å². The van der Waals surface area contributed by atoms with Crippen molar-refractivity contribution in [2.45, 2.75) is 45.7 Å². The van der Waals surface area contributed by atoms with Crippen LogP contribution in [-0.2, 0) is 4.79 Å². The highest BCUT2D eigenvalue weighted by molar-refractivity contribution is 5.78. The molecule has 0 spiro atoms. The van der Waals surface area contributed by atoms with Crippen LogP contribution < -0.4 is 10.6 Å². The van der Waals surface area contributed by atoms with E-state index >= 15 is 0 Å². The lowest BCUT2D eigenvalue weighted by molar-refractivity contribution is -0.122. The van der Waals surface area contributed by atoms with Gasteiger partial charge in [-0.3, -0.25) is 9.78 Å². The van der Waals surface area contributed by atoms with Gasteiger partial charge in [0.1, 0.15) is 0 Å². The zero-order valence-corrected chi connectivity index (χ0v) is 11.7. The second-order valence-electron chi connectivity index (χ2n) is 5.17. The van der Waals surface area contributed by atoms with Crippen LogP contribution in [0.1, 0.15) is 45.7 Å². The molecule has 0 aliphatic carbocycles. The number of nitrogens with one attached hydrogen (secondary N) is 2. The van der Waals surface area contributed by atoms with Crippen molar-refractivity contribution in [3.8, 4) is 0 Å². The molecule has 4 nitrogen and oxygen atoms in total. The molecule has 2 N–H and O–H groups in total. The molecule has 0 saturated carbocycles. The molecular weight excluding hydrogens is 226 g/mol. The first-order chi connectivity index (χ1) is 8.44. The van der Waals surface area contributed by atoms with Crippen molar-refractivity contribution < 1.29 is 4.79 Å². The Hall–Kier alpha value is -1.42. The normalized spacial score (nSPS) is 13.1. The van der Waals surface area contributed by atoms with Crippen LogP contribution in [0.2, 0.25) is 0 Å². The fourth-order valence-electron chi connectivity index (χ4n) is 1.51. The lowest BCUT2D eigenvalue weighted by Crippen LogP contribution is -2.46. The van der Waals surface area contributed by atoms with Gasteiger partial charge in [0.15, 0.2) is 0 Å². The standard InChI is InChI=1S/C14H23N3O/c1-5-14(3,4)17-13(18)10-16-11(2)12-7-6-8-15-9-12/h6-9,11,16H,5,10H2,1-4H3,(H,17,18). The quantitative estimate of drug-likeness (QED) is 0.811. The number of nitrogens with zero attached hydrogens (tertiary/aromatic N) is 1. The van der Waals surface area contributed by atoms with Gasteiger partial charge < -0.3 is 10.6 Å². The summed E-state index contributed by atoms with van der Waals surface area (Å²) in [7, 11) is 0. The lowest BCUT2D eigenvalue weighted by Gasteiger charge is -2.25. The number of aromatic nitrogens is 1. The molecule has 0 aliphatic rings. The summed E-state index contributed by atoms with van der Waals surface area (Å²) in [5.74, 6) is 0.0255. The van der Waals surface area contributed by atoms with Crippen LogP contribution in [0.4, 0.5) is 0 Å². The molecule has 0 bridgehead atoms. The third-order valence-corrected chi connectivity index (χ3v) is 3.11. The maximum atomic E-state index is 11.8. The molecule has 1 unspecified atom stereocenters. The van der Waals surface area contributed by atoms with Gasteiger partial charge in [-0.15, -0.1) is 0 Å². The minimum absolute atomic E-state index is 0.0255. The third kappa shape index (κ3) is 4.84. The summed E-state index contributed by atoms with van der Waals surface area (Å²) < 4.78 is 0. The number of hydrogen-bond donors (Lipinski definition) is 2. The van der Waals surface area contributed by atoms with Crippen molar-refractivity contribution in [1.82, 2.24) is 15.6 Å². The first kappa shape index (κ1) is 14.6. The first-order valence-corrected chi connectivity index (χ1v) is 6.39. The first-order valence-electron chi connectivity index (χ1n) is 6.39. The van der Waals surface area contributed by atoms with Gasteiger partial charge in [0.05, 0.1) is 6.54 Å². The highest BCUT2D eigenvalue weighted by Gasteiger charge is 2.17. The molecule has 1 aromatic heterocycles. The van der Waals surface area contributed by atoms with Crippen LogP contribution >= 0.6 is 0 Å². The Balaban J connectivity index is 2.39. The van der Waals surface area contributed by atoms with E-state index in [-0.39, 0.29) is 17.5 Å². The summed E-state index contributed by atoms with van der Waals surface area (Å²) >= 11 is 0. The number of rotatable bonds is 6. The average molecular weight is 249 g/mol. The zero-order valence-electron chi connectivity index (χ0n) is 11.7. The molecule has 1 atom stereocenters. The van der Waals surface area contributed by atoms with Crippen molar-refractivity contribution in [2.24, 2.45) is 0 Å². The molecule has 0 radical (unpaired) electrons. The number of carbonyl (C=O) groups is 1. The van der Waals surface area contributed by atoms with E-state index < -0.39 is 0 Å². The SMILES string of the molecule is CCC(C)(C)NC(=O)CNC(C)c1cccnc1. The highest BCUT2D eigenvalue weighted by atomic mass is 16.2. The van der Waals surface area contributed by atoms with Crippen molar-refractivity contribution >= 4 is 5.91 Å². The van der Waals surface area contributed by atoms with E-state index in [1.807, 2.05) is 39.1 Å². The molecule has 0 aromatic carbocycles. The van der Waals surface area contributed by atoms with Gasteiger partial charge in [-0.2, -0.15) is 0 Å². The average Bonchev–Trinajstić information content (AvgIpc) is 2.36. The van der Waals surface area contributed by atoms with E-state index in [4.69, 9.17) is 0 Å². The Labute approximate surface area is 109 Å². The second kappa shape index (κ2) is 6.50. The predicted octanol–water partition coefficient (Wildman–Crippen LogP) is 2.04. The van der Waals surface area contributed by atoms with Gasteiger partial charge in [-0.1, -0.05) is 13.0 Å². The topological polar surface area (TPSA) is 54.0 Å². The molecule has 100 valence electrons. The third-order valence-electron chi connectivity index (χ3n) is 3.11. The highest BCUT2D eigenvalue weighted by Crippen LogP contribution is 2.09. The summed E-state index contributed by atoms with van der Waals surface area (Å²) in [6.07, 6.45) is 4.47. The predicted molar refractivity (Wildman–Crippen MR) is 73.2 cm³/mol. The molecule has 4 heteroatoms. The van der Waals surface area contributed by atoms with Crippen molar-refractivity contribution in [3.63, 3.8) is 0 Å². The Morgan fingerprint density at radius 2 is 2.22 bits per heavy atom. The van der Waals surface area contributed by atoms with Gasteiger partial charge in [-0.05, 0) is 38.8 Å². The van der Waals surface area contributed by atoms with Crippen molar-refractivity contribution in [1.29, 1.82) is 0 Å². The van der Waals surface area contributed by atoms with Crippen LogP contribution in [0.25, 0.3) is 0 Å². The van der Waals surface area contributed by atoms with Gasteiger partial charge in [0.25, 0.3) is 0 Å². The number of hydrogen-bond acceptors (Lipinski definition) is 3. The van der Waals surface area contributed by atoms with Crippen molar-refractivity contribution in [3.05, 3.63) is 30.1 Å². The second-order valence-corrected chi connectivity index (χ2v) is 5.17. The Kier molecular flexibility index (Phi) is 5.28. The molecule has 1 amide bonds. The van der Waals surface area contributed by atoms with Gasteiger partial charge in [0, 0.05) is 24.0 Å². The molecular formula is C14H23N3O. The van der Waals surface area contributed by atoms with Crippen molar-refractivity contribution in [2.75, 3.05) is 6.54 Å². The maximum Gasteiger partial charge on any atom is 0.234 e. The molecule has 0 saturated heterocycles. The minimum atomic E-state index is -0.143. The summed E-state index contributed by atoms with van der Waals surface area (Å²) in [6.45, 7) is 8.45. The van der Waals surface area contributed by atoms with E-state index in [0.717, 1.165) is 12.0 Å². The zero-order chi connectivity index (χ0) is 13.6. The van der Waals surface area contributed by atoms with Crippen LogP contribution in [0.5, 0.6) is 0 Å². The Bertz CT molecular complexity index is 376. The van der Waals surface area contributed by atoms with Gasteiger partial charge in [-0.25, -0.2) is 0 Å². The maximum absolute atomic E-state index is 11.8. The molecule has 0 aliphatic heterocycles. The van der Waals surface area contributed by atoms with Crippen LogP contribution in [0.3, 0.4) is 0 Å². The Morgan fingerprint density at radius 3 is 2.78 bits per heavy atom. The smallest absolute Gasteiger partial charge is 0.234 e. The molecule has 1 rings (SSSR count). The summed E-state index contributed by atoms with van der Waals surface area (Å²) in [6, 6.07) is 4.01. The minimum Gasteiger partial charge on any atom is -0.350 e. The van der Waals surface area contributed by atoms with Crippen LogP contribution in [-0.4, -0.2) is 23.0 Å². The van der Waals surface area contributed by atoms with Crippen LogP contribution in [0, 0.1) is 0 Å². The number of pyridine rings is 1. The van der Waals surface area contributed by atoms with E-state index in [1.54, 1.807) is 6.20 Å². The number of carbonyl (C=O) groups excluding carboxylic acids is 1. The monoisotopic (exact) mass is 249 g/mol. The van der Waals surface area contributed by atoms with E-state index in [9.17, 15) is 4.79 Å². The van der Waals surface area contributed by atoms with E-state index in [0.29, 0.717) is 6.54 Å². The fraction of sp³-hybridized carbons (Fsp3) is 0.571. The van der Waals surface area contributed by atoms with Gasteiger partial charge in [0.2, 0.25) is 5.91 Å². The summed E-state index contributed by atoms with van der Waals surface area (Å²) in [5, 5.41) is 6.19. The van der Waals surface area contributed by atoms with E-state index in [2.05, 4.69) is 22.5 Å². The molecule has 1 heterocycles. The largest absolute Gasteiger partial charge is 0.350 e. The molecule has 0 fully saturated rings. The number of amides is 1. The lowest BCUT2D eigenvalue weighted by atomic mass is 10.0. The molecule has 18 heavy (non-hydrogen) atoms. The summed E-state index contributed by atoms with van der Waals surface area (Å²) in [4.78, 5) is 15.8.